The number of carbonyl (C=O) groups is 1. The average molecular weight is 373 g/mol. The summed E-state index contributed by atoms with van der Waals surface area (Å²) in [7, 11) is 1.52. The Balaban J connectivity index is 2.29. The van der Waals surface area contributed by atoms with Gasteiger partial charge in [0, 0.05) is 19.5 Å². The first-order valence-corrected chi connectivity index (χ1v) is 8.29. The van der Waals surface area contributed by atoms with Crippen molar-refractivity contribution in [3.8, 4) is 16.9 Å². The van der Waals surface area contributed by atoms with Gasteiger partial charge in [-0.25, -0.2) is 4.68 Å². The number of benzene rings is 2. The van der Waals surface area contributed by atoms with E-state index < -0.39 is 5.97 Å². The SMILES string of the molecule is CC(=O)OCOc1c(Cl)nn(C)c(=O)c1-c1c(C)ccc2ccccc12. The predicted molar refractivity (Wildman–Crippen MR) is 99.4 cm³/mol. The topological polar surface area (TPSA) is 70.4 Å². The summed E-state index contributed by atoms with van der Waals surface area (Å²) in [5, 5.41) is 5.86. The van der Waals surface area contributed by atoms with Crippen molar-refractivity contribution < 1.29 is 14.3 Å². The molecule has 7 heteroatoms. The number of nitrogens with zero attached hydrogens (tertiary/aromatic N) is 2. The molecule has 1 aromatic heterocycles. The third-order valence-corrected chi connectivity index (χ3v) is 4.26. The number of rotatable bonds is 4. The summed E-state index contributed by atoms with van der Waals surface area (Å²) >= 11 is 6.24. The second-order valence-corrected chi connectivity index (χ2v) is 6.16. The molecule has 3 aromatic rings. The molecule has 0 aliphatic heterocycles. The van der Waals surface area contributed by atoms with E-state index in [1.165, 1.54) is 14.0 Å². The Kier molecular flexibility index (Phi) is 4.95. The van der Waals surface area contributed by atoms with Gasteiger partial charge in [0.05, 0.1) is 5.56 Å². The molecule has 134 valence electrons. The van der Waals surface area contributed by atoms with Gasteiger partial charge in [-0.05, 0) is 23.3 Å². The fraction of sp³-hybridized carbons (Fsp3) is 0.211. The van der Waals surface area contributed by atoms with Crippen molar-refractivity contribution in [3.63, 3.8) is 0 Å². The van der Waals surface area contributed by atoms with Crippen LogP contribution < -0.4 is 10.3 Å². The monoisotopic (exact) mass is 372 g/mol. The van der Waals surface area contributed by atoms with Crippen molar-refractivity contribution in [2.75, 3.05) is 6.79 Å². The van der Waals surface area contributed by atoms with E-state index in [-0.39, 0.29) is 28.8 Å². The van der Waals surface area contributed by atoms with Gasteiger partial charge >= 0.3 is 5.97 Å². The number of hydrogen-bond donors (Lipinski definition) is 0. The van der Waals surface area contributed by atoms with Crippen LogP contribution in [0.1, 0.15) is 12.5 Å². The summed E-state index contributed by atoms with van der Waals surface area (Å²) < 4.78 is 11.5. The highest BCUT2D eigenvalue weighted by Gasteiger charge is 2.22. The zero-order valence-corrected chi connectivity index (χ0v) is 15.3. The molecule has 0 atom stereocenters. The number of hydrogen-bond acceptors (Lipinski definition) is 5. The fourth-order valence-electron chi connectivity index (χ4n) is 2.82. The Hall–Kier alpha value is -2.86. The first kappa shape index (κ1) is 17.9. The molecule has 0 N–H and O–H groups in total. The molecular formula is C19H17ClN2O4. The standard InChI is InChI=1S/C19H17ClN2O4/c1-11-8-9-13-6-4-5-7-14(13)15(11)16-17(26-10-25-12(2)23)18(20)21-22(3)19(16)24/h4-9H,10H2,1-3H3. The van der Waals surface area contributed by atoms with E-state index in [0.717, 1.165) is 21.0 Å². The summed E-state index contributed by atoms with van der Waals surface area (Å²) in [4.78, 5) is 23.9. The number of carbonyl (C=O) groups excluding carboxylic acids is 1. The van der Waals surface area contributed by atoms with Crippen molar-refractivity contribution in [2.45, 2.75) is 13.8 Å². The molecule has 0 aliphatic rings. The van der Waals surface area contributed by atoms with E-state index in [2.05, 4.69) is 5.10 Å². The lowest BCUT2D eigenvalue weighted by Crippen LogP contribution is -2.23. The third kappa shape index (κ3) is 3.28. The number of fused-ring (bicyclic) bond motifs is 1. The van der Waals surface area contributed by atoms with E-state index in [1.54, 1.807) is 0 Å². The molecule has 0 amide bonds. The highest BCUT2D eigenvalue weighted by molar-refractivity contribution is 6.31. The van der Waals surface area contributed by atoms with Crippen molar-refractivity contribution in [2.24, 2.45) is 7.05 Å². The molecule has 0 saturated carbocycles. The third-order valence-electron chi connectivity index (χ3n) is 4.01. The van der Waals surface area contributed by atoms with Crippen molar-refractivity contribution >= 4 is 28.3 Å². The minimum absolute atomic E-state index is 0.0154. The molecule has 2 aromatic carbocycles. The lowest BCUT2D eigenvalue weighted by Gasteiger charge is -2.16. The Morgan fingerprint density at radius 3 is 2.65 bits per heavy atom. The first-order valence-electron chi connectivity index (χ1n) is 7.92. The number of aromatic nitrogens is 2. The van der Waals surface area contributed by atoms with Crippen LogP contribution in [-0.2, 0) is 16.6 Å². The Morgan fingerprint density at radius 1 is 1.19 bits per heavy atom. The fourth-order valence-corrected chi connectivity index (χ4v) is 3.08. The quantitative estimate of drug-likeness (QED) is 0.518. The zero-order valence-electron chi connectivity index (χ0n) is 14.6. The maximum absolute atomic E-state index is 12.9. The summed E-state index contributed by atoms with van der Waals surface area (Å²) in [5.41, 5.74) is 1.53. The van der Waals surface area contributed by atoms with Gasteiger partial charge in [0.1, 0.15) is 0 Å². The highest BCUT2D eigenvalue weighted by atomic mass is 35.5. The molecule has 0 unspecified atom stereocenters. The first-order chi connectivity index (χ1) is 12.4. The number of esters is 1. The van der Waals surface area contributed by atoms with Crippen LogP contribution in [0.15, 0.2) is 41.2 Å². The second kappa shape index (κ2) is 7.17. The van der Waals surface area contributed by atoms with Crippen molar-refractivity contribution in [3.05, 3.63) is 57.5 Å². The van der Waals surface area contributed by atoms with E-state index in [9.17, 15) is 9.59 Å². The van der Waals surface area contributed by atoms with Crippen LogP contribution in [0.3, 0.4) is 0 Å². The lowest BCUT2D eigenvalue weighted by molar-refractivity contribution is -0.147. The van der Waals surface area contributed by atoms with Crippen LogP contribution in [0.2, 0.25) is 5.15 Å². The smallest absolute Gasteiger partial charge is 0.305 e. The highest BCUT2D eigenvalue weighted by Crippen LogP contribution is 2.38. The van der Waals surface area contributed by atoms with Gasteiger partial charge in [0.2, 0.25) is 6.79 Å². The van der Waals surface area contributed by atoms with Gasteiger partial charge < -0.3 is 9.47 Å². The molecule has 1 heterocycles. The van der Waals surface area contributed by atoms with Crippen LogP contribution in [0, 0.1) is 6.92 Å². The van der Waals surface area contributed by atoms with Crippen LogP contribution in [0.4, 0.5) is 0 Å². The molecule has 6 nitrogen and oxygen atoms in total. The van der Waals surface area contributed by atoms with Crippen LogP contribution in [0.25, 0.3) is 21.9 Å². The Bertz CT molecular complexity index is 1060. The van der Waals surface area contributed by atoms with E-state index >= 15 is 0 Å². The van der Waals surface area contributed by atoms with Gasteiger partial charge in [-0.1, -0.05) is 48.0 Å². The van der Waals surface area contributed by atoms with Gasteiger partial charge in [0.15, 0.2) is 10.9 Å². The molecule has 0 radical (unpaired) electrons. The largest absolute Gasteiger partial charge is 0.453 e. The summed E-state index contributed by atoms with van der Waals surface area (Å²) in [5.74, 6) is -0.406. The summed E-state index contributed by atoms with van der Waals surface area (Å²) in [6, 6.07) is 11.6. The maximum atomic E-state index is 12.9. The number of ether oxygens (including phenoxy) is 2. The van der Waals surface area contributed by atoms with Crippen LogP contribution in [0.5, 0.6) is 5.75 Å². The van der Waals surface area contributed by atoms with Crippen LogP contribution in [-0.4, -0.2) is 22.5 Å². The molecule has 3 rings (SSSR count). The molecule has 0 aliphatic carbocycles. The molecule has 0 spiro atoms. The normalized spacial score (nSPS) is 10.8. The second-order valence-electron chi connectivity index (χ2n) is 5.80. The van der Waals surface area contributed by atoms with Crippen LogP contribution >= 0.6 is 11.6 Å². The maximum Gasteiger partial charge on any atom is 0.305 e. The minimum Gasteiger partial charge on any atom is -0.453 e. The number of aryl methyl sites for hydroxylation is 2. The summed E-state index contributed by atoms with van der Waals surface area (Å²) in [6.45, 7) is 2.81. The molecule has 0 saturated heterocycles. The Morgan fingerprint density at radius 2 is 1.92 bits per heavy atom. The van der Waals surface area contributed by atoms with Gasteiger partial charge in [-0.2, -0.15) is 5.10 Å². The van der Waals surface area contributed by atoms with Crippen molar-refractivity contribution in [1.82, 2.24) is 9.78 Å². The van der Waals surface area contributed by atoms with E-state index in [0.29, 0.717) is 5.56 Å². The summed E-state index contributed by atoms with van der Waals surface area (Å²) in [6.07, 6.45) is 0. The van der Waals surface area contributed by atoms with E-state index in [1.807, 2.05) is 43.3 Å². The van der Waals surface area contributed by atoms with Crippen molar-refractivity contribution in [1.29, 1.82) is 0 Å². The van der Waals surface area contributed by atoms with Gasteiger partial charge in [0.25, 0.3) is 5.56 Å². The average Bonchev–Trinajstić information content (AvgIpc) is 2.60. The van der Waals surface area contributed by atoms with Gasteiger partial charge in [-0.3, -0.25) is 9.59 Å². The molecule has 0 bridgehead atoms. The number of halogens is 1. The van der Waals surface area contributed by atoms with Gasteiger partial charge in [-0.15, -0.1) is 0 Å². The minimum atomic E-state index is -0.499. The predicted octanol–water partition coefficient (Wildman–Crippen LogP) is 3.46. The molecular weight excluding hydrogens is 356 g/mol. The zero-order chi connectivity index (χ0) is 18.8. The molecule has 26 heavy (non-hydrogen) atoms. The van der Waals surface area contributed by atoms with E-state index in [4.69, 9.17) is 21.1 Å². The Labute approximate surface area is 154 Å². The lowest BCUT2D eigenvalue weighted by atomic mass is 9.94. The molecule has 0 fully saturated rings.